The predicted octanol–water partition coefficient (Wildman–Crippen LogP) is 2.86. The largest absolute Gasteiger partial charge is 0.353 e. The molecule has 1 N–H and O–H groups in total. The van der Waals surface area contributed by atoms with Crippen molar-refractivity contribution in [3.05, 3.63) is 0 Å². The third-order valence-corrected chi connectivity index (χ3v) is 6.35. The predicted molar refractivity (Wildman–Crippen MR) is 84.4 cm³/mol. The van der Waals surface area contributed by atoms with Crippen LogP contribution in [0.5, 0.6) is 0 Å². The summed E-state index contributed by atoms with van der Waals surface area (Å²) in [5.41, 5.74) is 0. The van der Waals surface area contributed by atoms with Crippen LogP contribution in [-0.4, -0.2) is 42.1 Å². The molecule has 4 nitrogen and oxygen atoms in total. The van der Waals surface area contributed by atoms with Crippen molar-refractivity contribution >= 4 is 28.2 Å². The third kappa shape index (κ3) is 3.83. The number of nitrogens with one attached hydrogen (secondary N) is 1. The Morgan fingerprint density at radius 2 is 2.16 bits per heavy atom. The van der Waals surface area contributed by atoms with E-state index in [1.54, 1.807) is 11.3 Å². The van der Waals surface area contributed by atoms with Crippen molar-refractivity contribution in [2.45, 2.75) is 48.7 Å². The standard InChI is InChI=1S/C13H24N4S2/c1-5-8-14-10-6-7-11(9(10)2)18-13-16-15-12(19-13)17(3)4/h9-11,14H,5-8H2,1-4H3. The molecule has 0 bridgehead atoms. The van der Waals surface area contributed by atoms with Crippen LogP contribution in [0.4, 0.5) is 5.13 Å². The molecular formula is C13H24N4S2. The van der Waals surface area contributed by atoms with Gasteiger partial charge in [0.2, 0.25) is 5.13 Å². The molecule has 0 amide bonds. The van der Waals surface area contributed by atoms with Crippen LogP contribution >= 0.6 is 23.1 Å². The van der Waals surface area contributed by atoms with Crippen molar-refractivity contribution in [1.82, 2.24) is 15.5 Å². The molecule has 2 rings (SSSR count). The molecule has 1 heterocycles. The molecule has 0 radical (unpaired) electrons. The average Bonchev–Trinajstić information content (AvgIpc) is 2.97. The molecule has 108 valence electrons. The second-order valence-electron chi connectivity index (χ2n) is 5.40. The molecule has 19 heavy (non-hydrogen) atoms. The highest BCUT2D eigenvalue weighted by Gasteiger charge is 2.33. The third-order valence-electron chi connectivity index (χ3n) is 3.67. The highest BCUT2D eigenvalue weighted by atomic mass is 32.2. The summed E-state index contributed by atoms with van der Waals surface area (Å²) in [4.78, 5) is 2.02. The van der Waals surface area contributed by atoms with E-state index < -0.39 is 0 Å². The summed E-state index contributed by atoms with van der Waals surface area (Å²) < 4.78 is 1.11. The monoisotopic (exact) mass is 300 g/mol. The van der Waals surface area contributed by atoms with Crippen LogP contribution < -0.4 is 10.2 Å². The Labute approximate surface area is 124 Å². The van der Waals surface area contributed by atoms with Gasteiger partial charge in [-0.25, -0.2) is 0 Å². The smallest absolute Gasteiger partial charge is 0.208 e. The van der Waals surface area contributed by atoms with Gasteiger partial charge in [0.05, 0.1) is 0 Å². The molecule has 0 spiro atoms. The minimum atomic E-state index is 0.678. The lowest BCUT2D eigenvalue weighted by molar-refractivity contribution is 0.432. The van der Waals surface area contributed by atoms with Crippen molar-refractivity contribution in [1.29, 1.82) is 0 Å². The molecule has 0 saturated heterocycles. The summed E-state index contributed by atoms with van der Waals surface area (Å²) in [6, 6.07) is 0.679. The molecule has 1 aromatic heterocycles. The quantitative estimate of drug-likeness (QED) is 0.875. The summed E-state index contributed by atoms with van der Waals surface area (Å²) in [7, 11) is 4.02. The Bertz CT molecular complexity index is 394. The lowest BCUT2D eigenvalue weighted by atomic mass is 10.1. The zero-order chi connectivity index (χ0) is 13.8. The molecule has 3 unspecified atom stereocenters. The SMILES string of the molecule is CCCNC1CCC(Sc2nnc(N(C)C)s2)C1C. The average molecular weight is 300 g/mol. The molecule has 6 heteroatoms. The zero-order valence-corrected chi connectivity index (χ0v) is 13.9. The first-order valence-electron chi connectivity index (χ1n) is 7.02. The molecule has 1 aliphatic carbocycles. The molecular weight excluding hydrogens is 276 g/mol. The van der Waals surface area contributed by atoms with Crippen LogP contribution in [0.15, 0.2) is 4.34 Å². The Hall–Kier alpha value is -0.330. The number of anilines is 1. The van der Waals surface area contributed by atoms with Crippen LogP contribution in [0.3, 0.4) is 0 Å². The molecule has 1 aliphatic rings. The molecule has 0 aliphatic heterocycles. The van der Waals surface area contributed by atoms with E-state index in [4.69, 9.17) is 0 Å². The van der Waals surface area contributed by atoms with Crippen molar-refractivity contribution in [3.63, 3.8) is 0 Å². The van der Waals surface area contributed by atoms with Crippen LogP contribution in [0.2, 0.25) is 0 Å². The number of hydrogen-bond donors (Lipinski definition) is 1. The zero-order valence-electron chi connectivity index (χ0n) is 12.2. The molecule has 3 atom stereocenters. The fourth-order valence-corrected chi connectivity index (χ4v) is 4.77. The van der Waals surface area contributed by atoms with Crippen molar-refractivity contribution < 1.29 is 0 Å². The summed E-state index contributed by atoms with van der Waals surface area (Å²) in [5, 5.41) is 13.8. The van der Waals surface area contributed by atoms with Gasteiger partial charge in [0.1, 0.15) is 0 Å². The van der Waals surface area contributed by atoms with Crippen LogP contribution in [0.1, 0.15) is 33.1 Å². The van der Waals surface area contributed by atoms with Gasteiger partial charge in [-0.1, -0.05) is 36.9 Å². The summed E-state index contributed by atoms with van der Waals surface area (Å²) in [6.07, 6.45) is 3.78. The molecule has 1 aromatic rings. The first-order chi connectivity index (χ1) is 9.11. The topological polar surface area (TPSA) is 41.1 Å². The second-order valence-corrected chi connectivity index (χ2v) is 7.84. The minimum absolute atomic E-state index is 0.678. The number of aromatic nitrogens is 2. The molecule has 0 aromatic carbocycles. The first kappa shape index (κ1) is 15.1. The van der Waals surface area contributed by atoms with E-state index in [1.807, 2.05) is 30.8 Å². The number of hydrogen-bond acceptors (Lipinski definition) is 6. The van der Waals surface area contributed by atoms with Crippen molar-refractivity contribution in [2.75, 3.05) is 25.5 Å². The molecule has 1 saturated carbocycles. The van der Waals surface area contributed by atoms with Gasteiger partial charge >= 0.3 is 0 Å². The van der Waals surface area contributed by atoms with E-state index in [0.29, 0.717) is 17.2 Å². The van der Waals surface area contributed by atoms with Gasteiger partial charge in [-0.05, 0) is 31.7 Å². The van der Waals surface area contributed by atoms with E-state index in [1.165, 1.54) is 19.3 Å². The Balaban J connectivity index is 1.89. The summed E-state index contributed by atoms with van der Waals surface area (Å²) in [6.45, 7) is 5.73. The van der Waals surface area contributed by atoms with Gasteiger partial charge in [0, 0.05) is 25.4 Å². The van der Waals surface area contributed by atoms with Gasteiger partial charge in [0.25, 0.3) is 0 Å². The lowest BCUT2D eigenvalue weighted by Gasteiger charge is -2.20. The number of rotatable bonds is 6. The Morgan fingerprint density at radius 1 is 1.37 bits per heavy atom. The second kappa shape index (κ2) is 6.90. The van der Waals surface area contributed by atoms with E-state index in [2.05, 4.69) is 29.4 Å². The first-order valence-corrected chi connectivity index (χ1v) is 8.72. The van der Waals surface area contributed by atoms with Crippen LogP contribution in [0, 0.1) is 5.92 Å². The van der Waals surface area contributed by atoms with Gasteiger partial charge < -0.3 is 10.2 Å². The Morgan fingerprint density at radius 3 is 2.79 bits per heavy atom. The van der Waals surface area contributed by atoms with Crippen molar-refractivity contribution in [2.24, 2.45) is 5.92 Å². The van der Waals surface area contributed by atoms with E-state index in [0.717, 1.165) is 16.0 Å². The number of nitrogens with zero attached hydrogens (tertiary/aromatic N) is 3. The number of thioether (sulfide) groups is 1. The van der Waals surface area contributed by atoms with Crippen molar-refractivity contribution in [3.8, 4) is 0 Å². The van der Waals surface area contributed by atoms with Gasteiger partial charge in [-0.2, -0.15) is 0 Å². The van der Waals surface area contributed by atoms with Gasteiger partial charge in [-0.15, -0.1) is 10.2 Å². The van der Waals surface area contributed by atoms with E-state index in [-0.39, 0.29) is 0 Å². The maximum atomic E-state index is 4.29. The van der Waals surface area contributed by atoms with Crippen LogP contribution in [-0.2, 0) is 0 Å². The van der Waals surface area contributed by atoms with E-state index >= 15 is 0 Å². The van der Waals surface area contributed by atoms with Crippen LogP contribution in [0.25, 0.3) is 0 Å². The highest BCUT2D eigenvalue weighted by Crippen LogP contribution is 2.40. The van der Waals surface area contributed by atoms with Gasteiger partial charge in [-0.3, -0.25) is 0 Å². The maximum absolute atomic E-state index is 4.29. The fourth-order valence-electron chi connectivity index (χ4n) is 2.47. The maximum Gasteiger partial charge on any atom is 0.208 e. The summed E-state index contributed by atoms with van der Waals surface area (Å²) in [5.74, 6) is 0.711. The molecule has 1 fully saturated rings. The normalized spacial score (nSPS) is 26.8. The van der Waals surface area contributed by atoms with Gasteiger partial charge in [0.15, 0.2) is 4.34 Å². The fraction of sp³-hybridized carbons (Fsp3) is 0.846. The minimum Gasteiger partial charge on any atom is -0.353 e. The Kier molecular flexibility index (Phi) is 5.47. The van der Waals surface area contributed by atoms with E-state index in [9.17, 15) is 0 Å². The highest BCUT2D eigenvalue weighted by molar-refractivity contribution is 8.01. The summed E-state index contributed by atoms with van der Waals surface area (Å²) >= 11 is 3.61. The lowest BCUT2D eigenvalue weighted by Crippen LogP contribution is -2.33.